The van der Waals surface area contributed by atoms with Crippen LogP contribution in [0.3, 0.4) is 0 Å². The smallest absolute Gasteiger partial charge is 0.146 e. The number of nitrogens with one attached hydrogen (secondary N) is 1. The minimum Gasteiger partial charge on any atom is -0.486 e. The summed E-state index contributed by atoms with van der Waals surface area (Å²) in [6.45, 7) is 14.0. The van der Waals surface area contributed by atoms with E-state index < -0.39 is 6.10 Å². The third kappa shape index (κ3) is 4.91. The van der Waals surface area contributed by atoms with Crippen molar-refractivity contribution in [2.75, 3.05) is 31.1 Å². The average Bonchev–Trinajstić information content (AvgIpc) is 3.33. The number of halogens is 2. The van der Waals surface area contributed by atoms with Crippen LogP contribution in [0.4, 0.5) is 5.82 Å². The second-order valence-corrected chi connectivity index (χ2v) is 11.0. The van der Waals surface area contributed by atoms with Crippen LogP contribution in [0.2, 0.25) is 10.0 Å². The third-order valence-electron chi connectivity index (χ3n) is 7.59. The van der Waals surface area contributed by atoms with Crippen molar-refractivity contribution in [1.29, 1.82) is 5.26 Å². The number of nitriles is 1. The van der Waals surface area contributed by atoms with Crippen molar-refractivity contribution in [2.24, 2.45) is 0 Å². The molecule has 0 bridgehead atoms. The summed E-state index contributed by atoms with van der Waals surface area (Å²) in [6.07, 6.45) is 2.97. The zero-order valence-electron chi connectivity index (χ0n) is 22.7. The molecule has 1 N–H and O–H groups in total. The quantitative estimate of drug-likeness (QED) is 0.259. The molecule has 0 unspecified atom stereocenters. The van der Waals surface area contributed by atoms with Crippen LogP contribution in [0.25, 0.3) is 22.2 Å². The minimum absolute atomic E-state index is 0.0892. The van der Waals surface area contributed by atoms with E-state index in [1.54, 1.807) is 12.4 Å². The van der Waals surface area contributed by atoms with Gasteiger partial charge in [0.2, 0.25) is 0 Å². The van der Waals surface area contributed by atoms with Gasteiger partial charge in [0.25, 0.3) is 0 Å². The number of anilines is 1. The Morgan fingerprint density at radius 2 is 1.92 bits per heavy atom. The molecule has 1 aliphatic heterocycles. The number of likely N-dealkylation sites (N-methyl/N-ethyl adjacent to an activating group) is 1. The predicted molar refractivity (Wildman–Crippen MR) is 156 cm³/mol. The van der Waals surface area contributed by atoms with Crippen LogP contribution >= 0.6 is 23.2 Å². The highest BCUT2D eigenvalue weighted by Gasteiger charge is 2.43. The molecule has 0 spiro atoms. The number of aromatic nitrogens is 4. The molecule has 3 aromatic heterocycles. The van der Waals surface area contributed by atoms with Crippen LogP contribution in [-0.4, -0.2) is 56.8 Å². The highest BCUT2D eigenvalue weighted by atomic mass is 35.5. The van der Waals surface area contributed by atoms with Crippen LogP contribution in [0.15, 0.2) is 36.7 Å². The topological polar surface area (TPSA) is 94.0 Å². The molecule has 5 rings (SSSR count). The van der Waals surface area contributed by atoms with E-state index in [4.69, 9.17) is 32.9 Å². The molecule has 4 aromatic rings. The summed E-state index contributed by atoms with van der Waals surface area (Å²) in [7, 11) is 0. The summed E-state index contributed by atoms with van der Waals surface area (Å²) in [5, 5.41) is 19.4. The van der Waals surface area contributed by atoms with Gasteiger partial charge in [0.05, 0.1) is 32.4 Å². The monoisotopic (exact) mass is 563 g/mol. The fourth-order valence-electron chi connectivity index (χ4n) is 5.54. The van der Waals surface area contributed by atoms with E-state index in [9.17, 15) is 5.26 Å². The summed E-state index contributed by atoms with van der Waals surface area (Å²) in [6, 6.07) is 9.91. The van der Waals surface area contributed by atoms with E-state index in [-0.39, 0.29) is 5.54 Å². The van der Waals surface area contributed by atoms with Gasteiger partial charge in [-0.25, -0.2) is 4.98 Å². The normalized spacial score (nSPS) is 15.3. The minimum atomic E-state index is -0.399. The summed E-state index contributed by atoms with van der Waals surface area (Å²) < 4.78 is 6.24. The van der Waals surface area contributed by atoms with E-state index in [2.05, 4.69) is 51.8 Å². The molecule has 8 nitrogen and oxygen atoms in total. The third-order valence-corrected chi connectivity index (χ3v) is 8.36. The Labute approximate surface area is 238 Å². The molecule has 4 heterocycles. The Hall–Kier alpha value is -3.38. The molecule has 1 atom stereocenters. The van der Waals surface area contributed by atoms with Gasteiger partial charge in [-0.3, -0.25) is 15.0 Å². The number of aryl methyl sites for hydroxylation is 1. The van der Waals surface area contributed by atoms with Crippen molar-refractivity contribution < 1.29 is 4.74 Å². The standard InChI is InChI=1S/C29H31Cl2N7O/c1-6-38(7-2)29(5)15-37(16-29)28-19(12-32)10-20(13-34-28)27-22-11-21(8-9-24(22)35-36-27)39-18(4)25-23(30)14-33-17(3)26(25)31/h8-11,13-14,18H,6-7,15-16H2,1-5H3,(H,35,36)/t18-/m1/s1. The van der Waals surface area contributed by atoms with Crippen LogP contribution < -0.4 is 9.64 Å². The Morgan fingerprint density at radius 1 is 1.18 bits per heavy atom. The average molecular weight is 565 g/mol. The number of pyridine rings is 2. The molecule has 202 valence electrons. The Bertz CT molecular complexity index is 1570. The van der Waals surface area contributed by atoms with E-state index in [1.165, 1.54) is 0 Å². The van der Waals surface area contributed by atoms with E-state index in [1.807, 2.05) is 38.1 Å². The number of benzene rings is 1. The first-order chi connectivity index (χ1) is 18.7. The molecule has 1 fully saturated rings. The number of H-pyrrole nitrogens is 1. The van der Waals surface area contributed by atoms with Gasteiger partial charge in [-0.1, -0.05) is 37.0 Å². The number of rotatable bonds is 8. The Kier molecular flexibility index (Phi) is 7.43. The largest absolute Gasteiger partial charge is 0.486 e. The summed E-state index contributed by atoms with van der Waals surface area (Å²) in [5.74, 6) is 1.35. The first-order valence-electron chi connectivity index (χ1n) is 13.0. The fourth-order valence-corrected chi connectivity index (χ4v) is 6.19. The van der Waals surface area contributed by atoms with Gasteiger partial charge in [0, 0.05) is 42.0 Å². The molecular formula is C29H31Cl2N7O. The molecule has 0 saturated carbocycles. The molecule has 1 aromatic carbocycles. The van der Waals surface area contributed by atoms with Crippen LogP contribution in [0.5, 0.6) is 5.75 Å². The number of ether oxygens (including phenoxy) is 1. The lowest BCUT2D eigenvalue weighted by Crippen LogP contribution is -2.69. The van der Waals surface area contributed by atoms with Gasteiger partial charge < -0.3 is 9.64 Å². The molecule has 0 radical (unpaired) electrons. The zero-order valence-corrected chi connectivity index (χ0v) is 24.2. The fraction of sp³-hybridized carbons (Fsp3) is 0.379. The number of aromatic amines is 1. The summed E-state index contributed by atoms with van der Waals surface area (Å²) >= 11 is 12.9. The lowest BCUT2D eigenvalue weighted by atomic mass is 9.89. The van der Waals surface area contributed by atoms with Crippen LogP contribution in [0.1, 0.15) is 50.6 Å². The predicted octanol–water partition coefficient (Wildman–Crippen LogP) is 6.57. The number of hydrogen-bond acceptors (Lipinski definition) is 7. The second kappa shape index (κ2) is 10.6. The first-order valence-corrected chi connectivity index (χ1v) is 13.8. The van der Waals surface area contributed by atoms with Crippen molar-refractivity contribution >= 4 is 39.9 Å². The van der Waals surface area contributed by atoms with E-state index in [0.717, 1.165) is 42.6 Å². The maximum absolute atomic E-state index is 9.97. The maximum Gasteiger partial charge on any atom is 0.146 e. The SMILES string of the molecule is CCN(CC)C1(C)CN(c2ncc(-c3n[nH]c4ccc(O[C@H](C)c5c(Cl)cnc(C)c5Cl)cc34)cc2C#N)C1. The van der Waals surface area contributed by atoms with Crippen LogP contribution in [-0.2, 0) is 0 Å². The van der Waals surface area contributed by atoms with Crippen molar-refractivity contribution in [3.05, 3.63) is 63.5 Å². The van der Waals surface area contributed by atoms with Gasteiger partial charge in [-0.15, -0.1) is 0 Å². The van der Waals surface area contributed by atoms with Gasteiger partial charge >= 0.3 is 0 Å². The zero-order chi connectivity index (χ0) is 27.9. The molecule has 0 aliphatic carbocycles. The van der Waals surface area contributed by atoms with Crippen LogP contribution in [0, 0.1) is 18.3 Å². The van der Waals surface area contributed by atoms with Gasteiger partial charge in [0.1, 0.15) is 29.4 Å². The van der Waals surface area contributed by atoms with Gasteiger partial charge in [0.15, 0.2) is 0 Å². The van der Waals surface area contributed by atoms with E-state index >= 15 is 0 Å². The molecule has 10 heteroatoms. The summed E-state index contributed by atoms with van der Waals surface area (Å²) in [5.41, 5.74) is 4.32. The van der Waals surface area contributed by atoms with Gasteiger partial charge in [-0.05, 0) is 58.1 Å². The van der Waals surface area contributed by atoms with E-state index in [0.29, 0.717) is 44.1 Å². The number of fused-ring (bicyclic) bond motifs is 1. The Balaban J connectivity index is 1.42. The molecule has 39 heavy (non-hydrogen) atoms. The van der Waals surface area contributed by atoms with Crippen molar-refractivity contribution in [3.63, 3.8) is 0 Å². The van der Waals surface area contributed by atoms with Crippen molar-refractivity contribution in [3.8, 4) is 23.1 Å². The van der Waals surface area contributed by atoms with Gasteiger partial charge in [-0.2, -0.15) is 10.4 Å². The van der Waals surface area contributed by atoms with Crippen molar-refractivity contribution in [2.45, 2.75) is 46.3 Å². The molecular weight excluding hydrogens is 533 g/mol. The molecule has 0 amide bonds. The lowest BCUT2D eigenvalue weighted by molar-refractivity contribution is 0.0856. The highest BCUT2D eigenvalue weighted by molar-refractivity contribution is 6.36. The number of nitrogens with zero attached hydrogens (tertiary/aromatic N) is 6. The molecule has 1 saturated heterocycles. The summed E-state index contributed by atoms with van der Waals surface area (Å²) in [4.78, 5) is 13.5. The highest BCUT2D eigenvalue weighted by Crippen LogP contribution is 2.37. The lowest BCUT2D eigenvalue weighted by Gasteiger charge is -2.54. The second-order valence-electron chi connectivity index (χ2n) is 10.2. The maximum atomic E-state index is 9.97. The Morgan fingerprint density at radius 3 is 2.62 bits per heavy atom. The first kappa shape index (κ1) is 27.2. The molecule has 1 aliphatic rings. The van der Waals surface area contributed by atoms with Crippen molar-refractivity contribution in [1.82, 2.24) is 25.1 Å². The number of hydrogen-bond donors (Lipinski definition) is 1.